The summed E-state index contributed by atoms with van der Waals surface area (Å²) >= 11 is 0. The van der Waals surface area contributed by atoms with Crippen LogP contribution >= 0.6 is 0 Å². The number of hydrogen-bond acceptors (Lipinski definition) is 4. The van der Waals surface area contributed by atoms with Crippen molar-refractivity contribution < 1.29 is 14.3 Å². The number of carbonyl (C=O) groups is 2. The number of rotatable bonds is 3. The molecule has 1 amide bonds. The van der Waals surface area contributed by atoms with E-state index in [1.165, 1.54) is 13.3 Å². The first-order valence-corrected chi connectivity index (χ1v) is 6.87. The molecule has 108 valence electrons. The van der Waals surface area contributed by atoms with Crippen molar-refractivity contribution in [3.63, 3.8) is 0 Å². The summed E-state index contributed by atoms with van der Waals surface area (Å²) in [6, 6.07) is 3.43. The van der Waals surface area contributed by atoms with Crippen LogP contribution in [0.15, 0.2) is 24.5 Å². The number of pyridine rings is 1. The van der Waals surface area contributed by atoms with Gasteiger partial charge < -0.3 is 10.1 Å². The Balaban J connectivity index is 2.15. The number of esters is 1. The maximum absolute atomic E-state index is 12.3. The minimum atomic E-state index is -0.557. The maximum atomic E-state index is 12.3. The van der Waals surface area contributed by atoms with Crippen LogP contribution in [0.2, 0.25) is 0 Å². The molecule has 20 heavy (non-hydrogen) atoms. The summed E-state index contributed by atoms with van der Waals surface area (Å²) in [6.45, 7) is 1.92. The largest absolute Gasteiger partial charge is 0.469 e. The van der Waals surface area contributed by atoms with Gasteiger partial charge in [0.05, 0.1) is 24.1 Å². The minimum Gasteiger partial charge on any atom is -0.469 e. The van der Waals surface area contributed by atoms with E-state index in [2.05, 4.69) is 10.3 Å². The molecule has 1 aliphatic carbocycles. The Labute approximate surface area is 118 Å². The molecule has 0 bridgehead atoms. The highest BCUT2D eigenvalue weighted by Gasteiger charge is 2.42. The Bertz CT molecular complexity index is 489. The topological polar surface area (TPSA) is 68.3 Å². The highest BCUT2D eigenvalue weighted by atomic mass is 16.5. The van der Waals surface area contributed by atoms with E-state index in [9.17, 15) is 9.59 Å². The SMILES string of the molecule is COC(=O)C1CCCCC1(C)NC(=O)c1cccnc1. The normalized spacial score (nSPS) is 25.8. The van der Waals surface area contributed by atoms with Crippen LogP contribution in [0.3, 0.4) is 0 Å². The highest BCUT2D eigenvalue weighted by Crippen LogP contribution is 2.34. The lowest BCUT2D eigenvalue weighted by Gasteiger charge is -2.40. The molecule has 1 heterocycles. The summed E-state index contributed by atoms with van der Waals surface area (Å²) in [6.07, 6.45) is 6.65. The van der Waals surface area contributed by atoms with Gasteiger partial charge in [0.1, 0.15) is 0 Å². The zero-order chi connectivity index (χ0) is 14.6. The smallest absolute Gasteiger partial charge is 0.311 e. The number of nitrogens with one attached hydrogen (secondary N) is 1. The van der Waals surface area contributed by atoms with Crippen molar-refractivity contribution in [2.75, 3.05) is 7.11 Å². The standard InChI is InChI=1S/C15H20N2O3/c1-15(8-4-3-7-12(15)14(19)20-2)17-13(18)11-6-5-9-16-10-11/h5-6,9-10,12H,3-4,7-8H2,1-2H3,(H,17,18). The van der Waals surface area contributed by atoms with Gasteiger partial charge in [-0.15, -0.1) is 0 Å². The van der Waals surface area contributed by atoms with E-state index in [-0.39, 0.29) is 17.8 Å². The fraction of sp³-hybridized carbons (Fsp3) is 0.533. The van der Waals surface area contributed by atoms with Crippen LogP contribution in [0, 0.1) is 5.92 Å². The molecule has 2 unspecified atom stereocenters. The molecule has 5 heteroatoms. The molecule has 1 aromatic rings. The average Bonchev–Trinajstić information content (AvgIpc) is 2.47. The molecule has 1 aliphatic rings. The first-order chi connectivity index (χ1) is 9.57. The van der Waals surface area contributed by atoms with Crippen molar-refractivity contribution in [2.45, 2.75) is 38.1 Å². The van der Waals surface area contributed by atoms with Crippen molar-refractivity contribution in [3.05, 3.63) is 30.1 Å². The van der Waals surface area contributed by atoms with E-state index in [0.29, 0.717) is 5.56 Å². The summed E-state index contributed by atoms with van der Waals surface area (Å²) in [5.74, 6) is -0.739. The van der Waals surface area contributed by atoms with Crippen molar-refractivity contribution >= 4 is 11.9 Å². The summed E-state index contributed by atoms with van der Waals surface area (Å²) < 4.78 is 4.87. The van der Waals surface area contributed by atoms with Crippen LogP contribution in [0.25, 0.3) is 0 Å². The lowest BCUT2D eigenvalue weighted by atomic mass is 9.73. The van der Waals surface area contributed by atoms with Gasteiger partial charge in [0, 0.05) is 12.4 Å². The second-order valence-electron chi connectivity index (χ2n) is 5.43. The summed E-state index contributed by atoms with van der Waals surface area (Å²) in [4.78, 5) is 28.1. The molecule has 0 aromatic carbocycles. The van der Waals surface area contributed by atoms with Gasteiger partial charge in [-0.2, -0.15) is 0 Å². The van der Waals surface area contributed by atoms with Crippen molar-refractivity contribution in [1.82, 2.24) is 10.3 Å². The van der Waals surface area contributed by atoms with Crippen molar-refractivity contribution in [3.8, 4) is 0 Å². The summed E-state index contributed by atoms with van der Waals surface area (Å²) in [5.41, 5.74) is -0.0546. The number of aromatic nitrogens is 1. The second-order valence-corrected chi connectivity index (χ2v) is 5.43. The minimum absolute atomic E-state index is 0.198. The van der Waals surface area contributed by atoms with Gasteiger partial charge in [0.15, 0.2) is 0 Å². The lowest BCUT2D eigenvalue weighted by molar-refractivity contribution is -0.149. The molecule has 1 saturated carbocycles. The van der Waals surface area contributed by atoms with Crippen molar-refractivity contribution in [1.29, 1.82) is 0 Å². The van der Waals surface area contributed by atoms with Gasteiger partial charge in [-0.05, 0) is 31.9 Å². The fourth-order valence-corrected chi connectivity index (χ4v) is 2.83. The van der Waals surface area contributed by atoms with E-state index in [0.717, 1.165) is 25.7 Å². The number of nitrogens with zero attached hydrogens (tertiary/aromatic N) is 1. The van der Waals surface area contributed by atoms with E-state index in [1.807, 2.05) is 6.92 Å². The fourth-order valence-electron chi connectivity index (χ4n) is 2.83. The van der Waals surface area contributed by atoms with Crippen LogP contribution in [0.5, 0.6) is 0 Å². The third-order valence-corrected chi connectivity index (χ3v) is 4.02. The van der Waals surface area contributed by atoms with Crippen LogP contribution in [-0.2, 0) is 9.53 Å². The molecule has 1 fully saturated rings. The van der Waals surface area contributed by atoms with Gasteiger partial charge in [0.25, 0.3) is 5.91 Å². The number of amides is 1. The van der Waals surface area contributed by atoms with E-state index in [1.54, 1.807) is 18.3 Å². The Morgan fingerprint density at radius 2 is 2.25 bits per heavy atom. The molecule has 2 rings (SSSR count). The lowest BCUT2D eigenvalue weighted by Crippen LogP contribution is -2.55. The molecule has 0 saturated heterocycles. The van der Waals surface area contributed by atoms with E-state index < -0.39 is 5.54 Å². The Morgan fingerprint density at radius 1 is 1.45 bits per heavy atom. The Kier molecular flexibility index (Phi) is 4.37. The molecular weight excluding hydrogens is 256 g/mol. The third-order valence-electron chi connectivity index (χ3n) is 4.02. The maximum Gasteiger partial charge on any atom is 0.311 e. The predicted octanol–water partition coefficient (Wildman–Crippen LogP) is 1.93. The molecule has 0 radical (unpaired) electrons. The predicted molar refractivity (Wildman–Crippen MR) is 74.1 cm³/mol. The average molecular weight is 276 g/mol. The highest BCUT2D eigenvalue weighted by molar-refractivity contribution is 5.94. The summed E-state index contributed by atoms with van der Waals surface area (Å²) in [5, 5.41) is 3.00. The van der Waals surface area contributed by atoms with Gasteiger partial charge >= 0.3 is 5.97 Å². The molecule has 1 aromatic heterocycles. The molecule has 1 N–H and O–H groups in total. The first-order valence-electron chi connectivity index (χ1n) is 6.87. The Hall–Kier alpha value is -1.91. The summed E-state index contributed by atoms with van der Waals surface area (Å²) in [7, 11) is 1.39. The molecule has 0 aliphatic heterocycles. The number of methoxy groups -OCH3 is 1. The number of carbonyl (C=O) groups excluding carboxylic acids is 2. The van der Waals surface area contributed by atoms with Crippen LogP contribution in [0.4, 0.5) is 0 Å². The van der Waals surface area contributed by atoms with Crippen LogP contribution in [-0.4, -0.2) is 29.5 Å². The molecule has 2 atom stereocenters. The quantitative estimate of drug-likeness (QED) is 0.857. The molecular formula is C15H20N2O3. The van der Waals surface area contributed by atoms with Gasteiger partial charge in [-0.3, -0.25) is 14.6 Å². The zero-order valence-corrected chi connectivity index (χ0v) is 11.9. The van der Waals surface area contributed by atoms with Gasteiger partial charge in [-0.25, -0.2) is 0 Å². The zero-order valence-electron chi connectivity index (χ0n) is 11.9. The van der Waals surface area contributed by atoms with E-state index >= 15 is 0 Å². The number of hydrogen-bond donors (Lipinski definition) is 1. The Morgan fingerprint density at radius 3 is 2.90 bits per heavy atom. The van der Waals surface area contributed by atoms with Crippen LogP contribution in [0.1, 0.15) is 43.0 Å². The number of ether oxygens (including phenoxy) is 1. The van der Waals surface area contributed by atoms with E-state index in [4.69, 9.17) is 4.74 Å². The van der Waals surface area contributed by atoms with Crippen LogP contribution < -0.4 is 5.32 Å². The van der Waals surface area contributed by atoms with Gasteiger partial charge in [0.2, 0.25) is 0 Å². The monoisotopic (exact) mass is 276 g/mol. The third kappa shape index (κ3) is 2.98. The molecule has 5 nitrogen and oxygen atoms in total. The second kappa shape index (κ2) is 6.03. The molecule has 0 spiro atoms. The first kappa shape index (κ1) is 14.5. The van der Waals surface area contributed by atoms with Crippen molar-refractivity contribution in [2.24, 2.45) is 5.92 Å². The van der Waals surface area contributed by atoms with Gasteiger partial charge in [-0.1, -0.05) is 12.8 Å².